The predicted octanol–water partition coefficient (Wildman–Crippen LogP) is 1.38. The number of aliphatic carboxylic acids is 1. The molecule has 132 valence electrons. The minimum atomic E-state index is -3.63. The smallest absolute Gasteiger partial charge is 0.309 e. The van der Waals surface area contributed by atoms with E-state index in [0.29, 0.717) is 5.56 Å². The molecule has 1 aromatic rings. The number of carboxylic acid groups (broad SMARTS) is 1. The van der Waals surface area contributed by atoms with E-state index >= 15 is 0 Å². The van der Waals surface area contributed by atoms with Crippen molar-refractivity contribution in [1.82, 2.24) is 10.0 Å². The third kappa shape index (κ3) is 5.47. The molecule has 1 rings (SSSR count). The van der Waals surface area contributed by atoms with Crippen molar-refractivity contribution in [2.45, 2.75) is 25.2 Å². The van der Waals surface area contributed by atoms with Crippen LogP contribution in [0.1, 0.15) is 30.6 Å². The molecule has 0 aromatic heterocycles. The number of rotatable bonds is 9. The normalized spacial score (nSPS) is 11.8. The average molecular weight is 354 g/mol. The van der Waals surface area contributed by atoms with Gasteiger partial charge in [0.15, 0.2) is 0 Å². The van der Waals surface area contributed by atoms with Crippen LogP contribution in [0.4, 0.5) is 0 Å². The molecule has 0 aliphatic heterocycles. The first-order chi connectivity index (χ1) is 11.1. The van der Waals surface area contributed by atoms with Crippen molar-refractivity contribution < 1.29 is 23.1 Å². The van der Waals surface area contributed by atoms with E-state index in [-0.39, 0.29) is 30.3 Å². The number of hydrogen-bond donors (Lipinski definition) is 3. The van der Waals surface area contributed by atoms with E-state index in [1.54, 1.807) is 13.8 Å². The Labute approximate surface area is 141 Å². The first-order valence-corrected chi connectivity index (χ1v) is 8.81. The Balaban J connectivity index is 2.67. The summed E-state index contributed by atoms with van der Waals surface area (Å²) in [5.41, 5.74) is -0.631. The average Bonchev–Trinajstić information content (AvgIpc) is 2.52. The van der Waals surface area contributed by atoms with Crippen molar-refractivity contribution in [1.29, 1.82) is 0 Å². The van der Waals surface area contributed by atoms with Gasteiger partial charge in [0.25, 0.3) is 5.91 Å². The van der Waals surface area contributed by atoms with Crippen molar-refractivity contribution in [3.63, 3.8) is 0 Å². The van der Waals surface area contributed by atoms with Crippen LogP contribution in [0.5, 0.6) is 0 Å². The highest BCUT2D eigenvalue weighted by atomic mass is 32.2. The maximum Gasteiger partial charge on any atom is 0.309 e. The molecule has 1 amide bonds. The molecule has 0 aliphatic carbocycles. The molecule has 7 nitrogen and oxygen atoms in total. The zero-order valence-corrected chi connectivity index (χ0v) is 14.5. The number of carbonyl (C=O) groups is 2. The first kappa shape index (κ1) is 19.9. The fraction of sp³-hybridized carbons (Fsp3) is 0.375. The molecule has 1 aromatic carbocycles. The molecule has 3 N–H and O–H groups in total. The Kier molecular flexibility index (Phi) is 6.68. The second-order valence-electron chi connectivity index (χ2n) is 5.86. The van der Waals surface area contributed by atoms with Crippen LogP contribution in [0.2, 0.25) is 0 Å². The van der Waals surface area contributed by atoms with Crippen molar-refractivity contribution >= 4 is 21.9 Å². The third-order valence-electron chi connectivity index (χ3n) is 3.46. The van der Waals surface area contributed by atoms with Gasteiger partial charge in [0, 0.05) is 18.7 Å². The molecule has 0 atom stereocenters. The second kappa shape index (κ2) is 8.07. The van der Waals surface area contributed by atoms with Crippen LogP contribution in [0, 0.1) is 5.41 Å². The van der Waals surface area contributed by atoms with E-state index in [9.17, 15) is 18.0 Å². The molecule has 24 heavy (non-hydrogen) atoms. The van der Waals surface area contributed by atoms with E-state index in [0.717, 1.165) is 0 Å². The molecule has 0 spiro atoms. The number of carboxylic acids is 1. The maximum atomic E-state index is 12.0. The minimum Gasteiger partial charge on any atom is -0.481 e. The topological polar surface area (TPSA) is 113 Å². The fourth-order valence-corrected chi connectivity index (χ4v) is 2.73. The molecule has 0 bridgehead atoms. The highest BCUT2D eigenvalue weighted by Crippen LogP contribution is 2.19. The van der Waals surface area contributed by atoms with Crippen LogP contribution in [0.15, 0.2) is 41.8 Å². The standard InChI is InChI=1S/C16H22N2O5S/c1-4-10-18-24(22,23)13-7-5-12(6-8-13)14(19)17-11-9-16(2,3)15(20)21/h4-8,18H,1,9-11H2,2-3H3,(H,17,19)(H,20,21). The lowest BCUT2D eigenvalue weighted by atomic mass is 9.90. The zero-order chi connectivity index (χ0) is 18.4. The molecule has 0 fully saturated rings. The molecule has 0 saturated carbocycles. The Morgan fingerprint density at radius 2 is 1.83 bits per heavy atom. The Morgan fingerprint density at radius 1 is 1.25 bits per heavy atom. The summed E-state index contributed by atoms with van der Waals surface area (Å²) in [7, 11) is -3.63. The summed E-state index contributed by atoms with van der Waals surface area (Å²) < 4.78 is 26.1. The first-order valence-electron chi connectivity index (χ1n) is 7.32. The van der Waals surface area contributed by atoms with Gasteiger partial charge in [-0.3, -0.25) is 9.59 Å². The largest absolute Gasteiger partial charge is 0.481 e. The van der Waals surface area contributed by atoms with Crippen LogP contribution < -0.4 is 10.0 Å². The van der Waals surface area contributed by atoms with Gasteiger partial charge >= 0.3 is 5.97 Å². The molecule has 0 unspecified atom stereocenters. The molecule has 8 heteroatoms. The quantitative estimate of drug-likeness (QED) is 0.580. The van der Waals surface area contributed by atoms with Gasteiger partial charge in [0.05, 0.1) is 10.3 Å². The maximum absolute atomic E-state index is 12.0. The highest BCUT2D eigenvalue weighted by Gasteiger charge is 2.26. The van der Waals surface area contributed by atoms with E-state index in [2.05, 4.69) is 16.6 Å². The van der Waals surface area contributed by atoms with E-state index in [4.69, 9.17) is 5.11 Å². The number of sulfonamides is 1. The van der Waals surface area contributed by atoms with Gasteiger partial charge in [-0.2, -0.15) is 0 Å². The number of nitrogens with one attached hydrogen (secondary N) is 2. The van der Waals surface area contributed by atoms with Crippen molar-refractivity contribution in [3.8, 4) is 0 Å². The predicted molar refractivity (Wildman–Crippen MR) is 90.2 cm³/mol. The Morgan fingerprint density at radius 3 is 2.33 bits per heavy atom. The van der Waals surface area contributed by atoms with Crippen LogP contribution in [0.3, 0.4) is 0 Å². The third-order valence-corrected chi connectivity index (χ3v) is 4.90. The fourth-order valence-electron chi connectivity index (χ4n) is 1.73. The van der Waals surface area contributed by atoms with E-state index < -0.39 is 21.4 Å². The molecule has 0 radical (unpaired) electrons. The van der Waals surface area contributed by atoms with Gasteiger partial charge < -0.3 is 10.4 Å². The van der Waals surface area contributed by atoms with Crippen LogP contribution in [-0.2, 0) is 14.8 Å². The van der Waals surface area contributed by atoms with Crippen molar-refractivity contribution in [2.24, 2.45) is 5.41 Å². The summed E-state index contributed by atoms with van der Waals surface area (Å²) in [6, 6.07) is 5.48. The summed E-state index contributed by atoms with van der Waals surface area (Å²) in [6.45, 7) is 6.92. The van der Waals surface area contributed by atoms with Crippen molar-refractivity contribution in [2.75, 3.05) is 13.1 Å². The Hall–Kier alpha value is -2.19. The second-order valence-corrected chi connectivity index (χ2v) is 7.63. The number of carbonyl (C=O) groups excluding carboxylic acids is 1. The van der Waals surface area contributed by atoms with E-state index in [1.807, 2.05) is 0 Å². The summed E-state index contributed by atoms with van der Waals surface area (Å²) in [6.07, 6.45) is 1.71. The molecule has 0 heterocycles. The molecule has 0 saturated heterocycles. The zero-order valence-electron chi connectivity index (χ0n) is 13.7. The molecular weight excluding hydrogens is 332 g/mol. The van der Waals surface area contributed by atoms with Crippen LogP contribution >= 0.6 is 0 Å². The Bertz CT molecular complexity index is 708. The monoisotopic (exact) mass is 354 g/mol. The lowest BCUT2D eigenvalue weighted by Gasteiger charge is -2.18. The lowest BCUT2D eigenvalue weighted by molar-refractivity contribution is -0.147. The summed E-state index contributed by atoms with van der Waals surface area (Å²) >= 11 is 0. The molecular formula is C16H22N2O5S. The summed E-state index contributed by atoms with van der Waals surface area (Å²) in [4.78, 5) is 23.0. The van der Waals surface area contributed by atoms with Gasteiger partial charge in [-0.1, -0.05) is 6.08 Å². The van der Waals surface area contributed by atoms with Crippen LogP contribution in [-0.4, -0.2) is 38.5 Å². The van der Waals surface area contributed by atoms with E-state index in [1.165, 1.54) is 30.3 Å². The minimum absolute atomic E-state index is 0.0490. The number of benzene rings is 1. The highest BCUT2D eigenvalue weighted by molar-refractivity contribution is 7.89. The van der Waals surface area contributed by atoms with Gasteiger partial charge in [-0.25, -0.2) is 13.1 Å². The SMILES string of the molecule is C=CCNS(=O)(=O)c1ccc(C(=O)NCCC(C)(C)C(=O)O)cc1. The van der Waals surface area contributed by atoms with Gasteiger partial charge in [0.2, 0.25) is 10.0 Å². The number of hydrogen-bond acceptors (Lipinski definition) is 4. The summed E-state index contributed by atoms with van der Waals surface area (Å²) in [5.74, 6) is -1.32. The van der Waals surface area contributed by atoms with Gasteiger partial charge in [-0.05, 0) is 44.5 Å². The van der Waals surface area contributed by atoms with Crippen LogP contribution in [0.25, 0.3) is 0 Å². The number of amides is 1. The van der Waals surface area contributed by atoms with Crippen molar-refractivity contribution in [3.05, 3.63) is 42.5 Å². The van der Waals surface area contributed by atoms with Gasteiger partial charge in [0.1, 0.15) is 0 Å². The lowest BCUT2D eigenvalue weighted by Crippen LogP contribution is -2.32. The summed E-state index contributed by atoms with van der Waals surface area (Å²) in [5, 5.41) is 11.6. The van der Waals surface area contributed by atoms with Gasteiger partial charge in [-0.15, -0.1) is 6.58 Å². The molecule has 0 aliphatic rings.